The lowest BCUT2D eigenvalue weighted by molar-refractivity contribution is -0.116. The molecular formula is C28H20ClFN2O4S2. The number of hydrogen-bond acceptors (Lipinski definition) is 6. The summed E-state index contributed by atoms with van der Waals surface area (Å²) in [6, 6.07) is 16.0. The molecule has 0 atom stereocenters. The predicted molar refractivity (Wildman–Crippen MR) is 148 cm³/mol. The summed E-state index contributed by atoms with van der Waals surface area (Å²) >= 11 is 6.69. The number of thiophene rings is 1. The number of fused-ring (bicyclic) bond motifs is 1. The van der Waals surface area contributed by atoms with E-state index >= 15 is 4.39 Å². The van der Waals surface area contributed by atoms with Gasteiger partial charge in [-0.05, 0) is 65.9 Å². The van der Waals surface area contributed by atoms with Crippen molar-refractivity contribution < 1.29 is 17.6 Å². The molecule has 0 N–H and O–H groups in total. The summed E-state index contributed by atoms with van der Waals surface area (Å²) in [5.74, 6) is -2.01. The van der Waals surface area contributed by atoms with E-state index in [0.29, 0.717) is 15.3 Å². The van der Waals surface area contributed by atoms with Crippen LogP contribution < -0.4 is 5.56 Å². The van der Waals surface area contributed by atoms with Gasteiger partial charge in [-0.15, -0.1) is 11.3 Å². The van der Waals surface area contributed by atoms with Crippen LogP contribution in [0, 0.1) is 12.7 Å². The molecule has 0 aliphatic heterocycles. The number of sulfone groups is 1. The minimum absolute atomic E-state index is 0.00764. The molecule has 3 aromatic heterocycles. The highest BCUT2D eigenvalue weighted by Gasteiger charge is 2.22. The average Bonchev–Trinajstić information content (AvgIpc) is 3.32. The third-order valence-corrected chi connectivity index (χ3v) is 9.53. The summed E-state index contributed by atoms with van der Waals surface area (Å²) < 4.78 is 41.9. The molecule has 0 saturated carbocycles. The summed E-state index contributed by atoms with van der Waals surface area (Å²) in [6.45, 7) is 1.93. The minimum Gasteiger partial charge on any atom is -0.298 e. The SMILES string of the molecule is Cc1ccc2c(=O)n(-c3ccc(CC(=O)CS(=O)(=O)c4ccc(Cl)s4)cc3F)cc(-c3ccncc3)c2c1. The summed E-state index contributed by atoms with van der Waals surface area (Å²) in [4.78, 5) is 30.0. The largest absolute Gasteiger partial charge is 0.298 e. The van der Waals surface area contributed by atoms with Crippen LogP contribution in [-0.2, 0) is 21.1 Å². The number of benzene rings is 2. The molecule has 0 spiro atoms. The third-order valence-electron chi connectivity index (χ3n) is 6.04. The van der Waals surface area contributed by atoms with Crippen LogP contribution in [0.5, 0.6) is 0 Å². The number of aryl methyl sites for hydroxylation is 1. The zero-order valence-corrected chi connectivity index (χ0v) is 22.4. The second kappa shape index (κ2) is 10.2. The van der Waals surface area contributed by atoms with Gasteiger partial charge >= 0.3 is 0 Å². The lowest BCUT2D eigenvalue weighted by Gasteiger charge is -2.14. The molecule has 0 saturated heterocycles. The Kier molecular flexibility index (Phi) is 7.00. The van der Waals surface area contributed by atoms with Gasteiger partial charge in [-0.2, -0.15) is 0 Å². The van der Waals surface area contributed by atoms with Crippen molar-refractivity contribution in [2.24, 2.45) is 0 Å². The van der Waals surface area contributed by atoms with Crippen LogP contribution in [0.1, 0.15) is 11.1 Å². The molecule has 3 heterocycles. The number of Topliss-reactive ketones (excluding diaryl/α,β-unsaturated/α-hetero) is 1. The minimum atomic E-state index is -3.84. The Balaban J connectivity index is 1.49. The van der Waals surface area contributed by atoms with E-state index in [1.54, 1.807) is 24.7 Å². The fourth-order valence-corrected chi connectivity index (χ4v) is 7.09. The molecule has 6 nitrogen and oxygen atoms in total. The maximum atomic E-state index is 15.4. The first kappa shape index (κ1) is 26.0. The predicted octanol–water partition coefficient (Wildman–Crippen LogP) is 5.80. The number of pyridine rings is 2. The summed E-state index contributed by atoms with van der Waals surface area (Å²) in [5.41, 5.74) is 2.47. The lowest BCUT2D eigenvalue weighted by Crippen LogP contribution is -2.20. The van der Waals surface area contributed by atoms with Crippen LogP contribution in [-0.4, -0.2) is 29.5 Å². The topological polar surface area (TPSA) is 86.1 Å². The second-order valence-corrected chi connectivity index (χ2v) is 12.8. The first-order valence-electron chi connectivity index (χ1n) is 11.5. The Bertz CT molecular complexity index is 1870. The fourth-order valence-electron chi connectivity index (χ4n) is 4.28. The van der Waals surface area contributed by atoms with Gasteiger partial charge in [-0.25, -0.2) is 12.8 Å². The Morgan fingerprint density at radius 2 is 1.79 bits per heavy atom. The normalized spacial score (nSPS) is 11.7. The third kappa shape index (κ3) is 5.18. The molecule has 0 aliphatic carbocycles. The van der Waals surface area contributed by atoms with Gasteiger partial charge in [0.2, 0.25) is 0 Å². The van der Waals surface area contributed by atoms with Crippen molar-refractivity contribution in [3.05, 3.63) is 111 Å². The number of nitrogens with zero attached hydrogens (tertiary/aromatic N) is 2. The summed E-state index contributed by atoms with van der Waals surface area (Å²) in [7, 11) is -3.84. The van der Waals surface area contributed by atoms with Crippen molar-refractivity contribution in [2.45, 2.75) is 17.6 Å². The van der Waals surface area contributed by atoms with E-state index in [-0.39, 0.29) is 21.9 Å². The van der Waals surface area contributed by atoms with Gasteiger partial charge in [-0.3, -0.25) is 19.1 Å². The van der Waals surface area contributed by atoms with E-state index in [0.717, 1.165) is 39.5 Å². The Hall–Kier alpha value is -3.66. The fraction of sp³-hybridized carbons (Fsp3) is 0.107. The highest BCUT2D eigenvalue weighted by Crippen LogP contribution is 2.29. The monoisotopic (exact) mass is 566 g/mol. The Morgan fingerprint density at radius 1 is 1.03 bits per heavy atom. The smallest absolute Gasteiger partial charge is 0.263 e. The van der Waals surface area contributed by atoms with Crippen LogP contribution in [0.25, 0.3) is 27.6 Å². The molecule has 5 rings (SSSR count). The number of carbonyl (C=O) groups is 1. The van der Waals surface area contributed by atoms with Gasteiger partial charge < -0.3 is 0 Å². The second-order valence-electron chi connectivity index (χ2n) is 8.82. The maximum absolute atomic E-state index is 15.4. The molecule has 0 aliphatic rings. The van der Waals surface area contributed by atoms with Crippen molar-refractivity contribution in [3.63, 3.8) is 0 Å². The molecule has 5 aromatic rings. The number of carbonyl (C=O) groups excluding carboxylic acids is 1. The highest BCUT2D eigenvalue weighted by molar-refractivity contribution is 7.94. The van der Waals surface area contributed by atoms with Crippen molar-refractivity contribution in [1.29, 1.82) is 0 Å². The number of aromatic nitrogens is 2. The average molecular weight is 567 g/mol. The van der Waals surface area contributed by atoms with Crippen LogP contribution >= 0.6 is 22.9 Å². The van der Waals surface area contributed by atoms with Gasteiger partial charge in [-0.1, -0.05) is 35.4 Å². The Morgan fingerprint density at radius 3 is 2.47 bits per heavy atom. The summed E-state index contributed by atoms with van der Waals surface area (Å²) in [5, 5.41) is 1.18. The van der Waals surface area contributed by atoms with Crippen molar-refractivity contribution in [1.82, 2.24) is 9.55 Å². The maximum Gasteiger partial charge on any atom is 0.263 e. The van der Waals surface area contributed by atoms with E-state index in [4.69, 9.17) is 11.6 Å². The molecular weight excluding hydrogens is 547 g/mol. The molecule has 0 bridgehead atoms. The van der Waals surface area contributed by atoms with Gasteiger partial charge in [0.25, 0.3) is 5.56 Å². The van der Waals surface area contributed by atoms with Gasteiger partial charge in [0.1, 0.15) is 15.8 Å². The number of halogens is 2. The van der Waals surface area contributed by atoms with E-state index < -0.39 is 27.2 Å². The molecule has 192 valence electrons. The Labute approximate surface area is 226 Å². The zero-order valence-electron chi connectivity index (χ0n) is 20.0. The van der Waals surface area contributed by atoms with E-state index in [2.05, 4.69) is 4.98 Å². The molecule has 0 amide bonds. The molecule has 2 aromatic carbocycles. The highest BCUT2D eigenvalue weighted by atomic mass is 35.5. The van der Waals surface area contributed by atoms with Gasteiger partial charge in [0.15, 0.2) is 15.6 Å². The van der Waals surface area contributed by atoms with Crippen molar-refractivity contribution in [3.8, 4) is 16.8 Å². The molecule has 0 unspecified atom stereocenters. The van der Waals surface area contributed by atoms with Crippen LogP contribution in [0.2, 0.25) is 4.34 Å². The quantitative estimate of drug-likeness (QED) is 0.248. The van der Waals surface area contributed by atoms with Crippen LogP contribution in [0.15, 0.2) is 88.3 Å². The molecule has 0 radical (unpaired) electrons. The molecule has 10 heteroatoms. The first-order chi connectivity index (χ1) is 18.1. The molecule has 0 fully saturated rings. The van der Waals surface area contributed by atoms with Gasteiger partial charge in [0.05, 0.1) is 10.0 Å². The van der Waals surface area contributed by atoms with Crippen molar-refractivity contribution >= 4 is 49.3 Å². The lowest BCUT2D eigenvalue weighted by atomic mass is 9.99. The molecule has 38 heavy (non-hydrogen) atoms. The van der Waals surface area contributed by atoms with Gasteiger partial charge in [0, 0.05) is 36.0 Å². The van der Waals surface area contributed by atoms with E-state index in [9.17, 15) is 18.0 Å². The van der Waals surface area contributed by atoms with Crippen molar-refractivity contribution in [2.75, 3.05) is 5.75 Å². The standard InChI is InChI=1S/C28H20ClFN2O4S2/c1-17-2-4-21-22(12-17)23(19-8-10-31-11-9-19)15-32(28(21)34)25-5-3-18(14-24(25)30)13-20(33)16-38(35,36)27-7-6-26(29)37-27/h2-12,14-15H,13,16H2,1H3. The van der Waals surface area contributed by atoms with E-state index in [1.807, 2.05) is 31.2 Å². The summed E-state index contributed by atoms with van der Waals surface area (Å²) in [6.07, 6.45) is 4.61. The first-order valence-corrected chi connectivity index (χ1v) is 14.3. The number of ketones is 1. The van der Waals surface area contributed by atoms with Crippen LogP contribution in [0.4, 0.5) is 4.39 Å². The van der Waals surface area contributed by atoms with Crippen LogP contribution in [0.3, 0.4) is 0 Å². The number of rotatable bonds is 7. The van der Waals surface area contributed by atoms with E-state index in [1.165, 1.54) is 28.8 Å². The zero-order chi connectivity index (χ0) is 27.0. The number of hydrogen-bond donors (Lipinski definition) is 0.